The van der Waals surface area contributed by atoms with Gasteiger partial charge in [0, 0.05) is 13.5 Å². The number of benzene rings is 1. The van der Waals surface area contributed by atoms with Crippen LogP contribution >= 0.6 is 0 Å². The maximum Gasteiger partial charge on any atom is 0.338 e. The Morgan fingerprint density at radius 2 is 2.04 bits per heavy atom. The van der Waals surface area contributed by atoms with E-state index in [1.807, 2.05) is 6.07 Å². The van der Waals surface area contributed by atoms with E-state index in [1.165, 1.54) is 7.11 Å². The van der Waals surface area contributed by atoms with Crippen molar-refractivity contribution in [2.45, 2.75) is 36.4 Å². The van der Waals surface area contributed by atoms with E-state index in [0.717, 1.165) is 0 Å². The molecule has 1 heterocycles. The smallest absolute Gasteiger partial charge is 0.338 e. The maximum atomic E-state index is 12.5. The quantitative estimate of drug-likeness (QED) is 0.439. The third kappa shape index (κ3) is 3.79. The molecule has 1 saturated heterocycles. The van der Waals surface area contributed by atoms with Gasteiger partial charge >= 0.3 is 5.97 Å². The van der Waals surface area contributed by atoms with Crippen LogP contribution in [0, 0.1) is 0 Å². The van der Waals surface area contributed by atoms with Gasteiger partial charge in [-0.2, -0.15) is 0 Å². The van der Waals surface area contributed by atoms with Crippen molar-refractivity contribution in [1.82, 2.24) is 0 Å². The van der Waals surface area contributed by atoms with Crippen LogP contribution in [0.25, 0.3) is 0 Å². The van der Waals surface area contributed by atoms with E-state index < -0.39 is 29.6 Å². The minimum Gasteiger partial charge on any atom is -0.456 e. The monoisotopic (exact) mass is 378 g/mol. The van der Waals surface area contributed by atoms with Crippen LogP contribution in [0.15, 0.2) is 43.0 Å². The Labute approximate surface area is 158 Å². The summed E-state index contributed by atoms with van der Waals surface area (Å²) in [6.07, 6.45) is 0.832. The average Bonchev–Trinajstić information content (AvgIpc) is 3.17. The minimum atomic E-state index is -1.64. The van der Waals surface area contributed by atoms with Gasteiger partial charge in [0.2, 0.25) is 5.79 Å². The van der Waals surface area contributed by atoms with E-state index in [-0.39, 0.29) is 13.2 Å². The molecule has 0 aromatic heterocycles. The zero-order valence-corrected chi connectivity index (χ0v) is 15.5. The van der Waals surface area contributed by atoms with Crippen LogP contribution in [-0.2, 0) is 23.7 Å². The first-order chi connectivity index (χ1) is 13.1. The molecule has 1 spiro atoms. The standard InChI is InChI=1S/C20H26O7/c1-3-11-24-14-19(22)17(23-2)16(9-10-20(19)25-12-13-26-20)27-18(21)15-7-5-4-6-8-15/h3-8,16-17,22H,1,9-14H2,2H3/t16-,17-,19-/m1/s1. The molecule has 1 aromatic carbocycles. The van der Waals surface area contributed by atoms with Crippen molar-refractivity contribution in [3.8, 4) is 0 Å². The molecule has 0 unspecified atom stereocenters. The molecular formula is C20H26O7. The van der Waals surface area contributed by atoms with Gasteiger partial charge in [0.15, 0.2) is 5.60 Å². The Morgan fingerprint density at radius 3 is 2.67 bits per heavy atom. The van der Waals surface area contributed by atoms with Gasteiger partial charge < -0.3 is 28.8 Å². The second-order valence-corrected chi connectivity index (χ2v) is 6.68. The SMILES string of the molecule is C=CCOC[C@@]1(O)[C@H](OC)[C@H](OC(=O)c2ccccc2)CCC12OCCO2. The zero-order chi connectivity index (χ0) is 19.3. The average molecular weight is 378 g/mol. The Balaban J connectivity index is 1.82. The summed E-state index contributed by atoms with van der Waals surface area (Å²) in [5, 5.41) is 11.5. The largest absolute Gasteiger partial charge is 0.456 e. The summed E-state index contributed by atoms with van der Waals surface area (Å²) in [6.45, 7) is 4.50. The highest BCUT2D eigenvalue weighted by atomic mass is 16.8. The van der Waals surface area contributed by atoms with Gasteiger partial charge in [0.1, 0.15) is 12.2 Å². The third-order valence-corrected chi connectivity index (χ3v) is 5.06. The van der Waals surface area contributed by atoms with Gasteiger partial charge in [-0.15, -0.1) is 6.58 Å². The molecule has 148 valence electrons. The van der Waals surface area contributed by atoms with E-state index in [2.05, 4.69) is 6.58 Å². The van der Waals surface area contributed by atoms with E-state index in [0.29, 0.717) is 31.6 Å². The summed E-state index contributed by atoms with van der Waals surface area (Å²) in [5.41, 5.74) is -1.20. The highest BCUT2D eigenvalue weighted by Gasteiger charge is 2.65. The van der Waals surface area contributed by atoms with E-state index in [9.17, 15) is 9.90 Å². The second-order valence-electron chi connectivity index (χ2n) is 6.68. The highest BCUT2D eigenvalue weighted by Crippen LogP contribution is 2.45. The van der Waals surface area contributed by atoms with Crippen molar-refractivity contribution in [2.24, 2.45) is 0 Å². The Bertz CT molecular complexity index is 641. The molecule has 1 N–H and O–H groups in total. The number of ether oxygens (including phenoxy) is 5. The molecule has 1 aliphatic carbocycles. The predicted molar refractivity (Wildman–Crippen MR) is 96.3 cm³/mol. The normalized spacial score (nSPS) is 29.6. The first kappa shape index (κ1) is 20.0. The van der Waals surface area contributed by atoms with Gasteiger partial charge in [-0.3, -0.25) is 0 Å². The van der Waals surface area contributed by atoms with Gasteiger partial charge in [0.25, 0.3) is 0 Å². The summed E-state index contributed by atoms with van der Waals surface area (Å²) < 4.78 is 28.4. The fourth-order valence-corrected chi connectivity index (χ4v) is 3.81. The Morgan fingerprint density at radius 1 is 1.33 bits per heavy atom. The number of aliphatic hydroxyl groups is 1. The first-order valence-electron chi connectivity index (χ1n) is 9.04. The molecule has 0 amide bonds. The van der Waals surface area contributed by atoms with Crippen LogP contribution in [0.5, 0.6) is 0 Å². The van der Waals surface area contributed by atoms with E-state index >= 15 is 0 Å². The number of methoxy groups -OCH3 is 1. The molecule has 1 aliphatic heterocycles. The second kappa shape index (κ2) is 8.50. The molecular weight excluding hydrogens is 352 g/mol. The lowest BCUT2D eigenvalue weighted by Crippen LogP contribution is -2.71. The third-order valence-electron chi connectivity index (χ3n) is 5.06. The number of hydrogen-bond acceptors (Lipinski definition) is 7. The molecule has 0 radical (unpaired) electrons. The van der Waals surface area contributed by atoms with Crippen LogP contribution in [0.4, 0.5) is 0 Å². The number of esters is 1. The molecule has 3 rings (SSSR count). The van der Waals surface area contributed by atoms with Crippen molar-refractivity contribution in [1.29, 1.82) is 0 Å². The summed E-state index contributed by atoms with van der Waals surface area (Å²) in [7, 11) is 1.46. The van der Waals surface area contributed by atoms with Crippen molar-refractivity contribution < 1.29 is 33.6 Å². The molecule has 2 aliphatic rings. The number of carbonyl (C=O) groups excluding carboxylic acids is 1. The van der Waals surface area contributed by atoms with Crippen LogP contribution in [0.1, 0.15) is 23.2 Å². The summed E-state index contributed by atoms with van der Waals surface area (Å²) in [5.74, 6) is -1.72. The molecule has 27 heavy (non-hydrogen) atoms. The number of carbonyl (C=O) groups is 1. The lowest BCUT2D eigenvalue weighted by atomic mass is 9.75. The van der Waals surface area contributed by atoms with E-state index in [1.54, 1.807) is 30.3 Å². The molecule has 7 heteroatoms. The molecule has 1 saturated carbocycles. The van der Waals surface area contributed by atoms with Crippen LogP contribution < -0.4 is 0 Å². The highest BCUT2D eigenvalue weighted by molar-refractivity contribution is 5.89. The van der Waals surface area contributed by atoms with Gasteiger partial charge in [-0.05, 0) is 18.6 Å². The number of rotatable bonds is 7. The first-order valence-corrected chi connectivity index (χ1v) is 9.04. The van der Waals surface area contributed by atoms with Crippen molar-refractivity contribution >= 4 is 5.97 Å². The maximum absolute atomic E-state index is 12.5. The van der Waals surface area contributed by atoms with Gasteiger partial charge in [-0.1, -0.05) is 24.3 Å². The molecule has 1 aromatic rings. The van der Waals surface area contributed by atoms with Crippen molar-refractivity contribution in [3.63, 3.8) is 0 Å². The van der Waals surface area contributed by atoms with Crippen LogP contribution in [0.3, 0.4) is 0 Å². The zero-order valence-electron chi connectivity index (χ0n) is 15.5. The fraction of sp³-hybridized carbons (Fsp3) is 0.550. The molecule has 7 nitrogen and oxygen atoms in total. The summed E-state index contributed by atoms with van der Waals surface area (Å²) >= 11 is 0. The molecule has 3 atom stereocenters. The number of hydrogen-bond donors (Lipinski definition) is 1. The van der Waals surface area contributed by atoms with Gasteiger partial charge in [0.05, 0.1) is 32.0 Å². The Kier molecular flexibility index (Phi) is 6.29. The lowest BCUT2D eigenvalue weighted by Gasteiger charge is -2.51. The summed E-state index contributed by atoms with van der Waals surface area (Å²) in [6, 6.07) is 8.71. The minimum absolute atomic E-state index is 0.100. The topological polar surface area (TPSA) is 83.5 Å². The van der Waals surface area contributed by atoms with Gasteiger partial charge in [-0.25, -0.2) is 4.79 Å². The van der Waals surface area contributed by atoms with Crippen LogP contribution in [0.2, 0.25) is 0 Å². The lowest BCUT2D eigenvalue weighted by molar-refractivity contribution is -0.341. The van der Waals surface area contributed by atoms with Crippen LogP contribution in [-0.4, -0.2) is 68.2 Å². The molecule has 0 bridgehead atoms. The molecule has 2 fully saturated rings. The van der Waals surface area contributed by atoms with Crippen molar-refractivity contribution in [3.05, 3.63) is 48.6 Å². The fourth-order valence-electron chi connectivity index (χ4n) is 3.81. The Hall–Kier alpha value is -1.77. The summed E-state index contributed by atoms with van der Waals surface area (Å²) in [4.78, 5) is 12.5. The van der Waals surface area contributed by atoms with Crippen molar-refractivity contribution in [2.75, 3.05) is 33.5 Å². The van der Waals surface area contributed by atoms with E-state index in [4.69, 9.17) is 23.7 Å². The predicted octanol–water partition coefficient (Wildman–Crippen LogP) is 1.70.